The smallest absolute Gasteiger partial charge is 0.341 e. The summed E-state index contributed by atoms with van der Waals surface area (Å²) in [6.07, 6.45) is -1.11. The van der Waals surface area contributed by atoms with Gasteiger partial charge in [0, 0.05) is 4.47 Å². The molecule has 0 bridgehead atoms. The summed E-state index contributed by atoms with van der Waals surface area (Å²) in [5.41, 5.74) is 1.14. The summed E-state index contributed by atoms with van der Waals surface area (Å²) >= 11 is 3.16. The van der Waals surface area contributed by atoms with Crippen LogP contribution in [-0.4, -0.2) is 25.1 Å². The molecule has 7 heteroatoms. The van der Waals surface area contributed by atoms with Crippen LogP contribution in [0.5, 0.6) is 5.75 Å². The quantitative estimate of drug-likeness (QED) is 0.755. The van der Waals surface area contributed by atoms with Crippen LogP contribution in [-0.2, 0) is 9.53 Å². The third-order valence-electron chi connectivity index (χ3n) is 3.41. The fourth-order valence-corrected chi connectivity index (χ4v) is 2.45. The molecule has 5 nitrogen and oxygen atoms in total. The van der Waals surface area contributed by atoms with Gasteiger partial charge in [0.15, 0.2) is 6.10 Å². The Morgan fingerprint density at radius 1 is 1.20 bits per heavy atom. The fraction of sp³-hybridized carbons (Fsp3) is 0.222. The van der Waals surface area contributed by atoms with E-state index in [0.717, 1.165) is 11.6 Å². The van der Waals surface area contributed by atoms with Crippen molar-refractivity contribution in [3.8, 4) is 5.75 Å². The second-order valence-corrected chi connectivity index (χ2v) is 6.28. The Bertz CT molecular complexity index is 810. The lowest BCUT2D eigenvalue weighted by Gasteiger charge is -2.16. The number of methoxy groups -OCH3 is 1. The average molecular weight is 410 g/mol. The minimum Gasteiger partial charge on any atom is -0.495 e. The number of hydrogen-bond donors (Lipinski definition) is 1. The van der Waals surface area contributed by atoms with Crippen molar-refractivity contribution in [2.45, 2.75) is 20.0 Å². The van der Waals surface area contributed by atoms with Crippen LogP contribution in [0.1, 0.15) is 22.8 Å². The maximum absolute atomic E-state index is 13.7. The van der Waals surface area contributed by atoms with Crippen molar-refractivity contribution >= 4 is 33.5 Å². The zero-order valence-electron chi connectivity index (χ0n) is 13.9. The summed E-state index contributed by atoms with van der Waals surface area (Å²) in [5.74, 6) is -1.71. The van der Waals surface area contributed by atoms with Gasteiger partial charge in [-0.2, -0.15) is 0 Å². The van der Waals surface area contributed by atoms with Gasteiger partial charge in [-0.15, -0.1) is 0 Å². The Labute approximate surface area is 153 Å². The van der Waals surface area contributed by atoms with Gasteiger partial charge < -0.3 is 14.8 Å². The van der Waals surface area contributed by atoms with E-state index in [9.17, 15) is 14.0 Å². The molecule has 0 aromatic heterocycles. The zero-order valence-corrected chi connectivity index (χ0v) is 15.5. The molecule has 1 amide bonds. The van der Waals surface area contributed by atoms with Crippen LogP contribution < -0.4 is 10.1 Å². The summed E-state index contributed by atoms with van der Waals surface area (Å²) < 4.78 is 24.5. The van der Waals surface area contributed by atoms with Crippen molar-refractivity contribution in [3.05, 3.63) is 57.8 Å². The third-order valence-corrected chi connectivity index (χ3v) is 3.91. The normalized spacial score (nSPS) is 11.6. The number of anilines is 1. The molecule has 0 aliphatic rings. The monoisotopic (exact) mass is 409 g/mol. The van der Waals surface area contributed by atoms with Crippen molar-refractivity contribution in [3.63, 3.8) is 0 Å². The highest BCUT2D eigenvalue weighted by Gasteiger charge is 2.22. The van der Waals surface area contributed by atoms with E-state index in [-0.39, 0.29) is 5.56 Å². The van der Waals surface area contributed by atoms with Crippen LogP contribution >= 0.6 is 15.9 Å². The molecule has 0 radical (unpaired) electrons. The van der Waals surface area contributed by atoms with Gasteiger partial charge in [0.05, 0.1) is 18.4 Å². The van der Waals surface area contributed by atoms with Crippen molar-refractivity contribution < 1.29 is 23.5 Å². The van der Waals surface area contributed by atoms with Gasteiger partial charge in [-0.1, -0.05) is 22.0 Å². The van der Waals surface area contributed by atoms with E-state index in [0.29, 0.717) is 15.9 Å². The van der Waals surface area contributed by atoms with Gasteiger partial charge in [-0.05, 0) is 49.7 Å². The minimum absolute atomic E-state index is 0.248. The van der Waals surface area contributed by atoms with E-state index in [1.54, 1.807) is 12.1 Å². The van der Waals surface area contributed by atoms with Crippen LogP contribution in [0.15, 0.2) is 40.9 Å². The van der Waals surface area contributed by atoms with Gasteiger partial charge in [0.25, 0.3) is 5.91 Å². The summed E-state index contributed by atoms with van der Waals surface area (Å²) in [5, 5.41) is 2.64. The molecule has 0 aliphatic carbocycles. The van der Waals surface area contributed by atoms with Gasteiger partial charge in [-0.3, -0.25) is 4.79 Å². The Morgan fingerprint density at radius 3 is 2.60 bits per heavy atom. The molecule has 2 aromatic rings. The number of carbonyl (C=O) groups excluding carboxylic acids is 2. The predicted molar refractivity (Wildman–Crippen MR) is 95.3 cm³/mol. The Morgan fingerprint density at radius 2 is 1.92 bits per heavy atom. The number of rotatable bonds is 5. The van der Waals surface area contributed by atoms with E-state index in [1.807, 2.05) is 13.0 Å². The summed E-state index contributed by atoms with van der Waals surface area (Å²) in [6, 6.07) is 9.20. The van der Waals surface area contributed by atoms with Crippen molar-refractivity contribution in [1.82, 2.24) is 0 Å². The number of carbonyl (C=O) groups is 2. The van der Waals surface area contributed by atoms with E-state index >= 15 is 0 Å². The molecule has 2 rings (SSSR count). The number of hydrogen-bond acceptors (Lipinski definition) is 4. The lowest BCUT2D eigenvalue weighted by Crippen LogP contribution is -2.30. The number of nitrogens with one attached hydrogen (secondary N) is 1. The molecule has 1 N–H and O–H groups in total. The third kappa shape index (κ3) is 4.79. The first kappa shape index (κ1) is 18.9. The largest absolute Gasteiger partial charge is 0.495 e. The van der Waals surface area contributed by atoms with E-state index in [1.165, 1.54) is 26.2 Å². The Balaban J connectivity index is 2.09. The van der Waals surface area contributed by atoms with Gasteiger partial charge >= 0.3 is 5.97 Å². The number of amides is 1. The van der Waals surface area contributed by atoms with Crippen molar-refractivity contribution in [1.29, 1.82) is 0 Å². The minimum atomic E-state index is -1.11. The first-order valence-corrected chi connectivity index (χ1v) is 8.22. The predicted octanol–water partition coefficient (Wildman–Crippen LogP) is 4.09. The maximum atomic E-state index is 13.7. The summed E-state index contributed by atoms with van der Waals surface area (Å²) in [7, 11) is 1.49. The standard InChI is InChI=1S/C18H17BrFNO4/c1-10-4-7-16(24-3)15(8-10)21-17(22)11(2)25-18(23)13-9-12(19)5-6-14(13)20/h4-9,11H,1-3H3,(H,21,22)/t11-/m0/s1. The second-order valence-electron chi connectivity index (χ2n) is 5.36. The maximum Gasteiger partial charge on any atom is 0.341 e. The summed E-state index contributed by atoms with van der Waals surface area (Å²) in [6.45, 7) is 3.28. The van der Waals surface area contributed by atoms with Crippen LogP contribution in [0, 0.1) is 12.7 Å². The lowest BCUT2D eigenvalue weighted by atomic mass is 10.2. The fourth-order valence-electron chi connectivity index (χ4n) is 2.09. The molecule has 2 aromatic carbocycles. The molecule has 0 unspecified atom stereocenters. The molecule has 0 heterocycles. The number of benzene rings is 2. The highest BCUT2D eigenvalue weighted by molar-refractivity contribution is 9.10. The molecular weight excluding hydrogens is 393 g/mol. The highest BCUT2D eigenvalue weighted by atomic mass is 79.9. The van der Waals surface area contributed by atoms with Crippen LogP contribution in [0.4, 0.5) is 10.1 Å². The van der Waals surface area contributed by atoms with Crippen LogP contribution in [0.2, 0.25) is 0 Å². The Hall–Kier alpha value is -2.41. The number of aryl methyl sites for hydroxylation is 1. The molecule has 1 atom stereocenters. The molecular formula is C18H17BrFNO4. The van der Waals surface area contributed by atoms with Crippen molar-refractivity contribution in [2.24, 2.45) is 0 Å². The molecule has 0 spiro atoms. The van der Waals surface area contributed by atoms with E-state index in [2.05, 4.69) is 21.2 Å². The van der Waals surface area contributed by atoms with Crippen LogP contribution in [0.3, 0.4) is 0 Å². The van der Waals surface area contributed by atoms with Gasteiger partial charge in [-0.25, -0.2) is 9.18 Å². The molecule has 0 saturated heterocycles. The molecule has 0 fully saturated rings. The van der Waals surface area contributed by atoms with E-state index in [4.69, 9.17) is 9.47 Å². The molecule has 25 heavy (non-hydrogen) atoms. The highest BCUT2D eigenvalue weighted by Crippen LogP contribution is 2.25. The number of ether oxygens (including phenoxy) is 2. The second kappa shape index (κ2) is 8.11. The molecule has 0 aliphatic heterocycles. The molecule has 132 valence electrons. The SMILES string of the molecule is COc1ccc(C)cc1NC(=O)[C@H](C)OC(=O)c1cc(Br)ccc1F. The first-order valence-electron chi connectivity index (χ1n) is 7.43. The van der Waals surface area contributed by atoms with Gasteiger partial charge in [0.2, 0.25) is 0 Å². The van der Waals surface area contributed by atoms with Gasteiger partial charge in [0.1, 0.15) is 11.6 Å². The van der Waals surface area contributed by atoms with Crippen LogP contribution in [0.25, 0.3) is 0 Å². The van der Waals surface area contributed by atoms with Crippen molar-refractivity contribution in [2.75, 3.05) is 12.4 Å². The number of halogens is 2. The summed E-state index contributed by atoms with van der Waals surface area (Å²) in [4.78, 5) is 24.3. The van der Waals surface area contributed by atoms with E-state index < -0.39 is 23.8 Å². The zero-order chi connectivity index (χ0) is 18.6. The number of esters is 1. The average Bonchev–Trinajstić information content (AvgIpc) is 2.57. The lowest BCUT2D eigenvalue weighted by molar-refractivity contribution is -0.123. The first-order chi connectivity index (χ1) is 11.8. The topological polar surface area (TPSA) is 64.6 Å². The molecule has 0 saturated carbocycles. The Kier molecular flexibility index (Phi) is 6.14.